The lowest BCUT2D eigenvalue weighted by Gasteiger charge is -2.23. The number of nitrogens with two attached hydrogens (primary N) is 1. The zero-order chi connectivity index (χ0) is 14.9. The Hall–Kier alpha value is -1.95. The van der Waals surface area contributed by atoms with Gasteiger partial charge < -0.3 is 11.1 Å². The van der Waals surface area contributed by atoms with Crippen molar-refractivity contribution in [2.45, 2.75) is 50.6 Å². The average Bonchev–Trinajstić information content (AvgIpc) is 3.04. The number of nitrogens with one attached hydrogen (secondary N) is 1. The lowest BCUT2D eigenvalue weighted by molar-refractivity contribution is -0.122. The van der Waals surface area contributed by atoms with Gasteiger partial charge in [0.1, 0.15) is 0 Å². The Labute approximate surface area is 123 Å². The molecule has 0 bridgehead atoms. The Morgan fingerprint density at radius 2 is 2.19 bits per heavy atom. The monoisotopic (exact) mass is 287 g/mol. The van der Waals surface area contributed by atoms with Gasteiger partial charge in [-0.3, -0.25) is 9.20 Å². The number of hydrogen-bond acceptors (Lipinski definition) is 4. The molecule has 2 aromatic heterocycles. The Morgan fingerprint density at radius 1 is 1.43 bits per heavy atom. The van der Waals surface area contributed by atoms with Crippen LogP contribution in [-0.4, -0.2) is 26.0 Å². The smallest absolute Gasteiger partial charge is 0.222 e. The molecule has 0 aromatic carbocycles. The molecule has 1 atom stereocenters. The second kappa shape index (κ2) is 5.44. The minimum atomic E-state index is -0.323. The third kappa shape index (κ3) is 2.90. The SMILES string of the molecule is CC(NC(=O)CC1(N)CCCC1)c1nnc2ccccn12. The van der Waals surface area contributed by atoms with E-state index in [1.54, 1.807) is 0 Å². The highest BCUT2D eigenvalue weighted by molar-refractivity contribution is 5.77. The van der Waals surface area contributed by atoms with Crippen LogP contribution in [0.3, 0.4) is 0 Å². The van der Waals surface area contributed by atoms with Crippen LogP contribution in [0.25, 0.3) is 5.65 Å². The van der Waals surface area contributed by atoms with E-state index in [9.17, 15) is 4.79 Å². The third-order valence-corrected chi connectivity index (χ3v) is 4.22. The van der Waals surface area contributed by atoms with Crippen LogP contribution >= 0.6 is 0 Å². The van der Waals surface area contributed by atoms with E-state index < -0.39 is 0 Å². The minimum absolute atomic E-state index is 0.0143. The summed E-state index contributed by atoms with van der Waals surface area (Å²) in [5, 5.41) is 11.2. The van der Waals surface area contributed by atoms with Gasteiger partial charge in [0.05, 0.1) is 6.04 Å². The van der Waals surface area contributed by atoms with Crippen LogP contribution in [0.2, 0.25) is 0 Å². The van der Waals surface area contributed by atoms with Gasteiger partial charge in [0.2, 0.25) is 5.91 Å². The van der Waals surface area contributed by atoms with Gasteiger partial charge in [0.15, 0.2) is 11.5 Å². The second-order valence-corrected chi connectivity index (χ2v) is 6.02. The number of amides is 1. The number of hydrogen-bond donors (Lipinski definition) is 2. The molecule has 0 aliphatic heterocycles. The summed E-state index contributed by atoms with van der Waals surface area (Å²) < 4.78 is 1.89. The van der Waals surface area contributed by atoms with Gasteiger partial charge in [-0.25, -0.2) is 0 Å². The van der Waals surface area contributed by atoms with Crippen molar-refractivity contribution in [3.05, 3.63) is 30.2 Å². The number of carbonyl (C=O) groups is 1. The first-order valence-electron chi connectivity index (χ1n) is 7.45. The molecular formula is C15H21N5O. The largest absolute Gasteiger partial charge is 0.346 e. The molecule has 2 heterocycles. The van der Waals surface area contributed by atoms with E-state index in [2.05, 4.69) is 15.5 Å². The maximum Gasteiger partial charge on any atom is 0.222 e. The standard InChI is InChI=1S/C15H21N5O/c1-11(14-19-18-12-6-2-5-9-20(12)14)17-13(21)10-15(16)7-3-4-8-15/h2,5-6,9,11H,3-4,7-8,10,16H2,1H3,(H,17,21). The molecular weight excluding hydrogens is 266 g/mol. The van der Waals surface area contributed by atoms with Gasteiger partial charge >= 0.3 is 0 Å². The lowest BCUT2D eigenvalue weighted by atomic mass is 9.94. The van der Waals surface area contributed by atoms with Crippen LogP contribution in [0.5, 0.6) is 0 Å². The fourth-order valence-electron chi connectivity index (χ4n) is 3.09. The maximum atomic E-state index is 12.2. The van der Waals surface area contributed by atoms with Crippen molar-refractivity contribution >= 4 is 11.6 Å². The first-order chi connectivity index (χ1) is 10.1. The van der Waals surface area contributed by atoms with Crippen LogP contribution in [0, 0.1) is 0 Å². The van der Waals surface area contributed by atoms with Gasteiger partial charge in [0.25, 0.3) is 0 Å². The van der Waals surface area contributed by atoms with Crippen LogP contribution in [0.4, 0.5) is 0 Å². The van der Waals surface area contributed by atoms with Crippen molar-refractivity contribution in [1.29, 1.82) is 0 Å². The molecule has 0 radical (unpaired) electrons. The van der Waals surface area contributed by atoms with Crippen molar-refractivity contribution in [2.24, 2.45) is 5.73 Å². The normalized spacial score (nSPS) is 18.8. The summed E-state index contributed by atoms with van der Waals surface area (Å²) in [5.41, 5.74) is 6.71. The summed E-state index contributed by atoms with van der Waals surface area (Å²) in [4.78, 5) is 12.2. The molecule has 3 N–H and O–H groups in total. The molecule has 2 aromatic rings. The zero-order valence-electron chi connectivity index (χ0n) is 12.2. The molecule has 112 valence electrons. The quantitative estimate of drug-likeness (QED) is 0.893. The number of nitrogens with zero attached hydrogens (tertiary/aromatic N) is 3. The predicted molar refractivity (Wildman–Crippen MR) is 79.5 cm³/mol. The van der Waals surface area contributed by atoms with Crippen molar-refractivity contribution in [3.8, 4) is 0 Å². The third-order valence-electron chi connectivity index (χ3n) is 4.22. The Kier molecular flexibility index (Phi) is 3.63. The van der Waals surface area contributed by atoms with Crippen molar-refractivity contribution in [3.63, 3.8) is 0 Å². The van der Waals surface area contributed by atoms with Crippen LogP contribution in [0.15, 0.2) is 24.4 Å². The number of rotatable bonds is 4. The van der Waals surface area contributed by atoms with E-state index in [0.29, 0.717) is 6.42 Å². The predicted octanol–water partition coefficient (Wildman–Crippen LogP) is 1.57. The van der Waals surface area contributed by atoms with E-state index in [0.717, 1.165) is 37.2 Å². The van der Waals surface area contributed by atoms with Crippen molar-refractivity contribution in [2.75, 3.05) is 0 Å². The van der Waals surface area contributed by atoms with Crippen LogP contribution in [0.1, 0.15) is 50.9 Å². The average molecular weight is 287 g/mol. The number of carbonyl (C=O) groups excluding carboxylic acids is 1. The lowest BCUT2D eigenvalue weighted by Crippen LogP contribution is -2.42. The molecule has 1 saturated carbocycles. The highest BCUT2D eigenvalue weighted by Gasteiger charge is 2.32. The summed E-state index contributed by atoms with van der Waals surface area (Å²) in [5.74, 6) is 0.719. The van der Waals surface area contributed by atoms with E-state index >= 15 is 0 Å². The molecule has 0 saturated heterocycles. The van der Waals surface area contributed by atoms with Crippen LogP contribution in [-0.2, 0) is 4.79 Å². The molecule has 21 heavy (non-hydrogen) atoms. The fraction of sp³-hybridized carbons (Fsp3) is 0.533. The van der Waals surface area contributed by atoms with Crippen molar-refractivity contribution < 1.29 is 4.79 Å². The van der Waals surface area contributed by atoms with E-state index in [4.69, 9.17) is 5.73 Å². The zero-order valence-corrected chi connectivity index (χ0v) is 12.2. The molecule has 1 aliphatic carbocycles. The number of aromatic nitrogens is 3. The van der Waals surface area contributed by atoms with Crippen molar-refractivity contribution in [1.82, 2.24) is 19.9 Å². The summed E-state index contributed by atoms with van der Waals surface area (Å²) in [6, 6.07) is 5.52. The topological polar surface area (TPSA) is 85.3 Å². The molecule has 1 aliphatic rings. The Morgan fingerprint density at radius 3 is 2.95 bits per heavy atom. The molecule has 6 nitrogen and oxygen atoms in total. The highest BCUT2D eigenvalue weighted by atomic mass is 16.1. The summed E-state index contributed by atoms with van der Waals surface area (Å²) in [6.45, 7) is 1.92. The van der Waals surface area contributed by atoms with Gasteiger partial charge in [-0.05, 0) is 31.9 Å². The Balaban J connectivity index is 1.68. The number of pyridine rings is 1. The van der Waals surface area contributed by atoms with Gasteiger partial charge in [-0.2, -0.15) is 0 Å². The molecule has 1 unspecified atom stereocenters. The Bertz CT molecular complexity index is 644. The first-order valence-corrected chi connectivity index (χ1v) is 7.45. The van der Waals surface area contributed by atoms with E-state index in [-0.39, 0.29) is 17.5 Å². The summed E-state index contributed by atoms with van der Waals surface area (Å²) in [7, 11) is 0. The van der Waals surface area contributed by atoms with E-state index in [1.165, 1.54) is 0 Å². The minimum Gasteiger partial charge on any atom is -0.346 e. The maximum absolute atomic E-state index is 12.2. The second-order valence-electron chi connectivity index (χ2n) is 6.02. The van der Waals surface area contributed by atoms with Gasteiger partial charge in [-0.15, -0.1) is 10.2 Å². The first kappa shape index (κ1) is 14.0. The fourth-order valence-corrected chi connectivity index (χ4v) is 3.09. The molecule has 3 rings (SSSR count). The van der Waals surface area contributed by atoms with Gasteiger partial charge in [0, 0.05) is 18.2 Å². The molecule has 0 spiro atoms. The van der Waals surface area contributed by atoms with E-state index in [1.807, 2.05) is 35.7 Å². The summed E-state index contributed by atoms with van der Waals surface area (Å²) in [6.07, 6.45) is 6.39. The number of fused-ring (bicyclic) bond motifs is 1. The highest BCUT2D eigenvalue weighted by Crippen LogP contribution is 2.30. The molecule has 1 amide bonds. The van der Waals surface area contributed by atoms with Crippen LogP contribution < -0.4 is 11.1 Å². The molecule has 6 heteroatoms. The summed E-state index contributed by atoms with van der Waals surface area (Å²) >= 11 is 0. The molecule has 1 fully saturated rings. The van der Waals surface area contributed by atoms with Gasteiger partial charge in [-0.1, -0.05) is 18.9 Å².